The van der Waals surface area contributed by atoms with Crippen molar-refractivity contribution in [3.05, 3.63) is 0 Å². The molecule has 0 radical (unpaired) electrons. The van der Waals surface area contributed by atoms with Gasteiger partial charge in [-0.3, -0.25) is 33.3 Å². The highest BCUT2D eigenvalue weighted by atomic mass is 31.2. The molecule has 15 atom stereocenters. The average Bonchev–Trinajstić information content (AvgIpc) is 0.778. The predicted molar refractivity (Wildman–Crippen MR) is 473 cm³/mol. The number of hydrogen-bond acceptors (Lipinski definition) is 21. The van der Waals surface area contributed by atoms with E-state index in [1.807, 2.05) is 0 Å². The lowest BCUT2D eigenvalue weighted by molar-refractivity contribution is -0.304. The van der Waals surface area contributed by atoms with Crippen LogP contribution in [0.3, 0.4) is 0 Å². The number of phosphoric ester groups is 1. The molecule has 25 nitrogen and oxygen atoms in total. The Bertz CT molecular complexity index is 2520. The highest BCUT2D eigenvalue weighted by Gasteiger charge is 2.53. The molecule has 708 valence electrons. The molecule has 2 aliphatic rings. The van der Waals surface area contributed by atoms with Crippen molar-refractivity contribution in [1.29, 1.82) is 0 Å². The zero-order valence-corrected chi connectivity index (χ0v) is 77.7. The summed E-state index contributed by atoms with van der Waals surface area (Å²) in [6.45, 7) is 11.2. The number of phosphoric acid groups is 1. The Balaban J connectivity index is 0.0000720. The number of quaternary nitrogens is 1. The number of esters is 4. The molecular weight excluding hydrogens is 1550 g/mol. The molecule has 120 heavy (non-hydrogen) atoms. The van der Waals surface area contributed by atoms with Crippen molar-refractivity contribution in [2.75, 3.05) is 13.2 Å². The van der Waals surface area contributed by atoms with Crippen LogP contribution in [0.5, 0.6) is 0 Å². The molecule has 0 bridgehead atoms. The smallest absolute Gasteiger partial charge is 0.310 e. The third-order valence-corrected chi connectivity index (χ3v) is 24.1. The van der Waals surface area contributed by atoms with Crippen LogP contribution in [-0.4, -0.2) is 165 Å². The van der Waals surface area contributed by atoms with Gasteiger partial charge in [0, 0.05) is 12.8 Å². The number of aliphatic hydroxyl groups excluding tert-OH is 5. The normalized spacial score (nSPS) is 20.7. The Morgan fingerprint density at radius 3 is 1.05 bits per heavy atom. The summed E-state index contributed by atoms with van der Waals surface area (Å²) >= 11 is 0. The molecule has 5 unspecified atom stereocenters. The minimum absolute atomic E-state index is 0. The van der Waals surface area contributed by atoms with E-state index >= 15 is 4.79 Å². The van der Waals surface area contributed by atoms with Crippen LogP contribution in [0.4, 0.5) is 0 Å². The second-order valence-electron chi connectivity index (χ2n) is 34.9. The van der Waals surface area contributed by atoms with E-state index in [0.717, 1.165) is 225 Å². The number of ether oxygens (including phenoxy) is 7. The van der Waals surface area contributed by atoms with E-state index in [1.165, 1.54) is 96.3 Å². The Hall–Kier alpha value is -3.43. The standard InChI is InChI=1S/C94H177N2O22P.H3N/c1-7-13-19-25-31-37-38-44-50-56-62-68-84(103)113-78(66-60-54-48-42-35-29-23-17-11-5)72-86(105)117-92-88(96-82(101)71-77(65-59-53-47-41-34-28-22-16-10-4)112-83(102)67-61-55-49-43-36-30-24-18-12-6)94(115-79(73-97)90(92)118-119(108,109)110)111-74-80-89(106)91(116-85(104)70-76(99)64-58-52-46-40-33-27-21-15-9-3)87(93(107)114-80)95-81(100)69-75(98)63-57-51-45-39-32-26-20-14-8-2;/h75-80,87-94,97-99,106-107H,7-74H2,1-6H3,(H,95,100)(H,96,101)(H2,108,109,110);1H3/t75-,76-,77-,78+,79?,80?,87+,88+,89-,90-,91?,92?,93+,94-;/m1./s1. The highest BCUT2D eigenvalue weighted by Crippen LogP contribution is 2.40. The van der Waals surface area contributed by atoms with Gasteiger partial charge in [-0.25, -0.2) is 0 Å². The SMILES string of the molecule is CCCCCCCCCCCCCC(=O)O[C@@H](CCCCCCCCCCC)CC(=O)OC1[C@H](OP(=O)([O-])O)C(CO)O[C@@H](OCC2O[C@H](O)[C@@H](NC(=O)C[C@H](O)CCCCCCCCCCC)C(OC(=O)C[C@H](O)CCCCCCCCCCC)[C@@H]2O)[C@H]1NC(=O)C[C@@H](CCCCCCCCCCC)OC(=O)CCCCCCCCCCC.[NH4+]. The van der Waals surface area contributed by atoms with Gasteiger partial charge in [0.15, 0.2) is 24.8 Å². The van der Waals surface area contributed by atoms with E-state index in [4.69, 9.17) is 37.7 Å². The molecular formula is C94H180N3O22P. The molecule has 0 spiro atoms. The van der Waals surface area contributed by atoms with Crippen LogP contribution in [0.2, 0.25) is 0 Å². The minimum Gasteiger partial charge on any atom is -0.756 e. The Morgan fingerprint density at radius 1 is 0.375 bits per heavy atom. The average molecular weight is 1740 g/mol. The van der Waals surface area contributed by atoms with Gasteiger partial charge in [-0.1, -0.05) is 375 Å². The van der Waals surface area contributed by atoms with Crippen LogP contribution in [0.25, 0.3) is 0 Å². The lowest BCUT2D eigenvalue weighted by atomic mass is 9.95. The first-order valence-corrected chi connectivity index (χ1v) is 50.5. The second-order valence-corrected chi connectivity index (χ2v) is 36.1. The molecule has 2 saturated heterocycles. The summed E-state index contributed by atoms with van der Waals surface area (Å²) in [5.74, 6) is -4.62. The quantitative estimate of drug-likeness (QED) is 0.0118. The van der Waals surface area contributed by atoms with Gasteiger partial charge >= 0.3 is 23.9 Å². The molecule has 2 heterocycles. The summed E-state index contributed by atoms with van der Waals surface area (Å²) in [4.78, 5) is 109. The maximum absolute atomic E-state index is 15.1. The summed E-state index contributed by atoms with van der Waals surface area (Å²) < 4.78 is 61.5. The van der Waals surface area contributed by atoms with Gasteiger partial charge in [0.1, 0.15) is 48.7 Å². The molecule has 0 saturated carbocycles. The zero-order valence-electron chi connectivity index (χ0n) is 76.8. The number of rotatable bonds is 82. The van der Waals surface area contributed by atoms with Crippen LogP contribution in [0, 0.1) is 0 Å². The lowest BCUT2D eigenvalue weighted by Crippen LogP contribution is -2.68. The second kappa shape index (κ2) is 76.8. The molecule has 26 heteroatoms. The molecule has 2 fully saturated rings. The fraction of sp³-hybridized carbons (Fsp3) is 0.936. The molecule has 0 aliphatic carbocycles. The number of nitrogens with one attached hydrogen (secondary N) is 2. The van der Waals surface area contributed by atoms with Crippen LogP contribution < -0.4 is 21.7 Å². The maximum atomic E-state index is 15.1. The van der Waals surface area contributed by atoms with Crippen molar-refractivity contribution in [3.8, 4) is 0 Å². The molecule has 0 aromatic heterocycles. The number of hydrogen-bond donors (Lipinski definition) is 9. The van der Waals surface area contributed by atoms with Gasteiger partial charge in [-0.2, -0.15) is 0 Å². The summed E-state index contributed by atoms with van der Waals surface area (Å²) in [5, 5.41) is 63.2. The minimum atomic E-state index is -5.87. The van der Waals surface area contributed by atoms with Crippen LogP contribution in [0.1, 0.15) is 465 Å². The van der Waals surface area contributed by atoms with Crippen LogP contribution >= 0.6 is 7.82 Å². The van der Waals surface area contributed by atoms with Gasteiger partial charge in [-0.05, 0) is 51.4 Å². The van der Waals surface area contributed by atoms with Gasteiger partial charge in [-0.15, -0.1) is 0 Å². The van der Waals surface area contributed by atoms with E-state index < -0.39 is 168 Å². The van der Waals surface area contributed by atoms with Gasteiger partial charge in [0.05, 0.1) is 51.1 Å². The van der Waals surface area contributed by atoms with E-state index in [0.29, 0.717) is 44.9 Å². The number of amides is 2. The Kier molecular flexibility index (Phi) is 73.3. The summed E-state index contributed by atoms with van der Waals surface area (Å²) in [6.07, 6.45) is 37.6. The van der Waals surface area contributed by atoms with Gasteiger partial charge < -0.3 is 89.8 Å². The first-order valence-electron chi connectivity index (χ1n) is 49.0. The Labute approximate surface area is 727 Å². The fourth-order valence-corrected chi connectivity index (χ4v) is 16.9. The molecule has 0 aromatic carbocycles. The monoisotopic (exact) mass is 1730 g/mol. The number of aliphatic hydroxyl groups is 5. The topological polar surface area (TPSA) is 398 Å². The van der Waals surface area contributed by atoms with Crippen molar-refractivity contribution >= 4 is 43.5 Å². The number of carbonyl (C=O) groups excluding carboxylic acids is 6. The van der Waals surface area contributed by atoms with Crippen molar-refractivity contribution in [2.24, 2.45) is 0 Å². The first kappa shape index (κ1) is 115. The fourth-order valence-electron chi connectivity index (χ4n) is 16.4. The van der Waals surface area contributed by atoms with Gasteiger partial charge in [0.25, 0.3) is 7.82 Å². The summed E-state index contributed by atoms with van der Waals surface area (Å²) in [5.41, 5.74) is 0. The third kappa shape index (κ3) is 60.3. The predicted octanol–water partition coefficient (Wildman–Crippen LogP) is 20.2. The molecule has 0 aromatic rings. The molecule has 2 rings (SSSR count). The van der Waals surface area contributed by atoms with Crippen molar-refractivity contribution in [1.82, 2.24) is 16.8 Å². The summed E-state index contributed by atoms with van der Waals surface area (Å²) in [6, 6.07) is -3.50. The van der Waals surface area contributed by atoms with E-state index in [-0.39, 0.29) is 38.3 Å². The molecule has 12 N–H and O–H groups in total. The maximum Gasteiger partial charge on any atom is 0.310 e. The number of carbonyl (C=O) groups is 6. The van der Waals surface area contributed by atoms with E-state index in [1.54, 1.807) is 0 Å². The van der Waals surface area contributed by atoms with E-state index in [9.17, 15) is 63.9 Å². The highest BCUT2D eigenvalue weighted by molar-refractivity contribution is 7.44. The zero-order chi connectivity index (χ0) is 87.2. The number of unbranched alkanes of at least 4 members (excludes halogenated alkanes) is 50. The van der Waals surface area contributed by atoms with Crippen molar-refractivity contribution < 1.29 is 106 Å². The Morgan fingerprint density at radius 2 is 0.683 bits per heavy atom. The summed E-state index contributed by atoms with van der Waals surface area (Å²) in [7, 11) is -5.87. The lowest BCUT2D eigenvalue weighted by Gasteiger charge is -2.47. The van der Waals surface area contributed by atoms with Crippen LogP contribution in [0.15, 0.2) is 0 Å². The van der Waals surface area contributed by atoms with Crippen molar-refractivity contribution in [2.45, 2.75) is 551 Å². The molecule has 2 aliphatic heterocycles. The van der Waals surface area contributed by atoms with Crippen molar-refractivity contribution in [3.63, 3.8) is 0 Å². The third-order valence-electron chi connectivity index (χ3n) is 23.6. The largest absolute Gasteiger partial charge is 0.756 e. The van der Waals surface area contributed by atoms with Crippen LogP contribution in [-0.2, 0) is 71.0 Å². The van der Waals surface area contributed by atoms with E-state index in [2.05, 4.69) is 52.2 Å². The first-order chi connectivity index (χ1) is 57.6. The molecule has 2 amide bonds. The van der Waals surface area contributed by atoms with Gasteiger partial charge in [0.2, 0.25) is 11.8 Å².